The van der Waals surface area contributed by atoms with Crippen molar-refractivity contribution in [1.82, 2.24) is 9.55 Å². The number of benzene rings is 1. The average Bonchev–Trinajstić information content (AvgIpc) is 2.64. The number of aryl methyl sites for hydroxylation is 1. The Morgan fingerprint density at radius 3 is 2.44 bits per heavy atom. The predicted octanol–water partition coefficient (Wildman–Crippen LogP) is 1.78. The molecule has 0 radical (unpaired) electrons. The molecule has 0 fully saturated rings. The van der Waals surface area contributed by atoms with Crippen LogP contribution >= 0.6 is 0 Å². The van der Waals surface area contributed by atoms with E-state index in [1.807, 2.05) is 0 Å². The zero-order valence-corrected chi connectivity index (χ0v) is 8.56. The number of aromatic nitrogens is 2. The standard InChI is InChI=1S/C11H10F2N2O/c1-15-6-14-5-9(15)11(16)10-7(12)3-2-4-8(10)13/h2-6,11,16H,1H3. The molecule has 1 unspecified atom stereocenters. The summed E-state index contributed by atoms with van der Waals surface area (Å²) in [6.45, 7) is 0. The minimum Gasteiger partial charge on any atom is -0.382 e. The smallest absolute Gasteiger partial charge is 0.132 e. The molecule has 1 aromatic carbocycles. The van der Waals surface area contributed by atoms with E-state index in [9.17, 15) is 13.9 Å². The van der Waals surface area contributed by atoms with Crippen LogP contribution in [0.4, 0.5) is 8.78 Å². The van der Waals surface area contributed by atoms with E-state index in [1.54, 1.807) is 7.05 Å². The summed E-state index contributed by atoms with van der Waals surface area (Å²) in [4.78, 5) is 3.79. The second-order valence-corrected chi connectivity index (χ2v) is 3.47. The monoisotopic (exact) mass is 224 g/mol. The number of rotatable bonds is 2. The first-order chi connectivity index (χ1) is 7.61. The Bertz CT molecular complexity index is 490. The number of hydrogen-bond acceptors (Lipinski definition) is 2. The zero-order chi connectivity index (χ0) is 11.7. The van der Waals surface area contributed by atoms with Crippen LogP contribution in [0.2, 0.25) is 0 Å². The fraction of sp³-hybridized carbons (Fsp3) is 0.182. The number of aliphatic hydroxyl groups excluding tert-OH is 1. The molecule has 2 aromatic rings. The van der Waals surface area contributed by atoms with E-state index in [0.29, 0.717) is 5.69 Å². The van der Waals surface area contributed by atoms with Gasteiger partial charge in [0.05, 0.1) is 23.8 Å². The fourth-order valence-electron chi connectivity index (χ4n) is 1.55. The maximum Gasteiger partial charge on any atom is 0.132 e. The Labute approximate surface area is 91.0 Å². The van der Waals surface area contributed by atoms with Gasteiger partial charge >= 0.3 is 0 Å². The molecular weight excluding hydrogens is 214 g/mol. The van der Waals surface area contributed by atoms with Gasteiger partial charge < -0.3 is 9.67 Å². The predicted molar refractivity (Wildman–Crippen MR) is 53.6 cm³/mol. The Morgan fingerprint density at radius 2 is 1.94 bits per heavy atom. The summed E-state index contributed by atoms with van der Waals surface area (Å²) in [6, 6.07) is 3.47. The molecule has 0 aliphatic rings. The van der Waals surface area contributed by atoms with Gasteiger partial charge in [0.25, 0.3) is 0 Å². The largest absolute Gasteiger partial charge is 0.382 e. The highest BCUT2D eigenvalue weighted by molar-refractivity contribution is 5.28. The van der Waals surface area contributed by atoms with Crippen LogP contribution in [-0.2, 0) is 7.05 Å². The molecule has 1 atom stereocenters. The number of aliphatic hydroxyl groups is 1. The molecule has 1 N–H and O–H groups in total. The first-order valence-electron chi connectivity index (χ1n) is 4.69. The highest BCUT2D eigenvalue weighted by Crippen LogP contribution is 2.25. The summed E-state index contributed by atoms with van der Waals surface area (Å²) < 4.78 is 28.3. The van der Waals surface area contributed by atoms with Crippen LogP contribution in [0.5, 0.6) is 0 Å². The van der Waals surface area contributed by atoms with Crippen LogP contribution in [0.15, 0.2) is 30.7 Å². The number of hydrogen-bond donors (Lipinski definition) is 1. The lowest BCUT2D eigenvalue weighted by molar-refractivity contribution is 0.200. The molecule has 1 heterocycles. The van der Waals surface area contributed by atoms with Gasteiger partial charge in [0.1, 0.15) is 17.7 Å². The molecule has 0 saturated carbocycles. The first kappa shape index (κ1) is 10.8. The van der Waals surface area contributed by atoms with Crippen molar-refractivity contribution in [1.29, 1.82) is 0 Å². The summed E-state index contributed by atoms with van der Waals surface area (Å²) in [5, 5.41) is 9.88. The Balaban J connectivity index is 2.49. The molecule has 0 bridgehead atoms. The van der Waals surface area contributed by atoms with E-state index in [-0.39, 0.29) is 5.56 Å². The van der Waals surface area contributed by atoms with Crippen LogP contribution in [0.25, 0.3) is 0 Å². The summed E-state index contributed by atoms with van der Waals surface area (Å²) in [7, 11) is 1.64. The summed E-state index contributed by atoms with van der Waals surface area (Å²) >= 11 is 0. The number of imidazole rings is 1. The Morgan fingerprint density at radius 1 is 1.31 bits per heavy atom. The number of halogens is 2. The van der Waals surface area contributed by atoms with E-state index in [1.165, 1.54) is 23.2 Å². The molecule has 1 aromatic heterocycles. The molecule has 16 heavy (non-hydrogen) atoms. The topological polar surface area (TPSA) is 38.0 Å². The van der Waals surface area contributed by atoms with E-state index in [2.05, 4.69) is 4.98 Å². The zero-order valence-electron chi connectivity index (χ0n) is 8.56. The van der Waals surface area contributed by atoms with Gasteiger partial charge in [0.15, 0.2) is 0 Å². The van der Waals surface area contributed by atoms with Gasteiger partial charge in [0, 0.05) is 7.05 Å². The van der Waals surface area contributed by atoms with Crippen molar-refractivity contribution in [3.05, 3.63) is 53.6 Å². The van der Waals surface area contributed by atoms with Crippen LogP contribution in [0.3, 0.4) is 0 Å². The highest BCUT2D eigenvalue weighted by Gasteiger charge is 2.21. The Kier molecular flexibility index (Phi) is 2.70. The molecule has 2 rings (SSSR count). The first-order valence-corrected chi connectivity index (χ1v) is 4.69. The normalized spacial score (nSPS) is 12.8. The van der Waals surface area contributed by atoms with Crippen LogP contribution in [-0.4, -0.2) is 14.7 Å². The molecular formula is C11H10F2N2O. The van der Waals surface area contributed by atoms with Gasteiger partial charge in [0.2, 0.25) is 0 Å². The average molecular weight is 224 g/mol. The van der Waals surface area contributed by atoms with Gasteiger partial charge in [-0.05, 0) is 12.1 Å². The second kappa shape index (κ2) is 4.02. The summed E-state index contributed by atoms with van der Waals surface area (Å²) in [5.74, 6) is -1.54. The molecule has 0 saturated heterocycles. The van der Waals surface area contributed by atoms with Crippen molar-refractivity contribution in [2.75, 3.05) is 0 Å². The van der Waals surface area contributed by atoms with Gasteiger partial charge in [-0.3, -0.25) is 0 Å². The van der Waals surface area contributed by atoms with Crippen molar-refractivity contribution >= 4 is 0 Å². The minimum atomic E-state index is -1.35. The lowest BCUT2D eigenvalue weighted by Gasteiger charge is -2.13. The van der Waals surface area contributed by atoms with E-state index < -0.39 is 17.7 Å². The van der Waals surface area contributed by atoms with Crippen LogP contribution in [0, 0.1) is 11.6 Å². The minimum absolute atomic E-state index is 0.337. The molecule has 3 nitrogen and oxygen atoms in total. The SMILES string of the molecule is Cn1cncc1C(O)c1c(F)cccc1F. The third kappa shape index (κ3) is 1.69. The number of nitrogens with zero attached hydrogens (tertiary/aromatic N) is 2. The molecule has 84 valence electrons. The summed E-state index contributed by atoms with van der Waals surface area (Å²) in [5.41, 5.74) is -0.0184. The Hall–Kier alpha value is -1.75. The van der Waals surface area contributed by atoms with E-state index >= 15 is 0 Å². The lowest BCUT2D eigenvalue weighted by atomic mass is 10.1. The van der Waals surface area contributed by atoms with Gasteiger partial charge in [-0.1, -0.05) is 6.07 Å². The van der Waals surface area contributed by atoms with E-state index in [4.69, 9.17) is 0 Å². The van der Waals surface area contributed by atoms with Crippen LogP contribution in [0.1, 0.15) is 17.4 Å². The molecule has 5 heteroatoms. The quantitative estimate of drug-likeness (QED) is 0.844. The third-order valence-electron chi connectivity index (χ3n) is 2.41. The van der Waals surface area contributed by atoms with Gasteiger partial charge in [-0.15, -0.1) is 0 Å². The van der Waals surface area contributed by atoms with Crippen molar-refractivity contribution in [3.8, 4) is 0 Å². The van der Waals surface area contributed by atoms with Gasteiger partial charge in [-0.25, -0.2) is 13.8 Å². The molecule has 0 aliphatic heterocycles. The summed E-state index contributed by atoms with van der Waals surface area (Å²) in [6.07, 6.45) is 1.47. The third-order valence-corrected chi connectivity index (χ3v) is 2.41. The van der Waals surface area contributed by atoms with Crippen molar-refractivity contribution in [2.45, 2.75) is 6.10 Å². The van der Waals surface area contributed by atoms with Gasteiger partial charge in [-0.2, -0.15) is 0 Å². The maximum absolute atomic E-state index is 13.4. The van der Waals surface area contributed by atoms with Crippen molar-refractivity contribution in [3.63, 3.8) is 0 Å². The second-order valence-electron chi connectivity index (χ2n) is 3.47. The van der Waals surface area contributed by atoms with E-state index in [0.717, 1.165) is 12.1 Å². The van der Waals surface area contributed by atoms with Crippen LogP contribution < -0.4 is 0 Å². The van der Waals surface area contributed by atoms with Crippen molar-refractivity contribution < 1.29 is 13.9 Å². The molecule has 0 aliphatic carbocycles. The highest BCUT2D eigenvalue weighted by atomic mass is 19.1. The molecule has 0 amide bonds. The maximum atomic E-state index is 13.4. The van der Waals surface area contributed by atoms with Crippen molar-refractivity contribution in [2.24, 2.45) is 7.05 Å². The molecule has 0 spiro atoms. The lowest BCUT2D eigenvalue weighted by Crippen LogP contribution is -2.09. The fourth-order valence-corrected chi connectivity index (χ4v) is 1.55.